The van der Waals surface area contributed by atoms with Gasteiger partial charge in [-0.25, -0.2) is 0 Å². The molecule has 1 N–H and O–H groups in total. The minimum Gasteiger partial charge on any atom is -0.379 e. The fraction of sp³-hybridized carbons (Fsp3) is 0.211. The molecule has 3 aromatic rings. The number of hydrogen-bond donors (Lipinski definition) is 1. The third-order valence-corrected chi connectivity index (χ3v) is 4.80. The Kier molecular flexibility index (Phi) is 3.41. The predicted octanol–water partition coefficient (Wildman–Crippen LogP) is 4.29. The number of pyridine rings is 1. The van der Waals surface area contributed by atoms with Crippen LogP contribution in [0.4, 0.5) is 11.4 Å². The second-order valence-corrected chi connectivity index (χ2v) is 6.29. The number of nitro groups is 1. The van der Waals surface area contributed by atoms with E-state index in [9.17, 15) is 10.1 Å². The van der Waals surface area contributed by atoms with Crippen LogP contribution < -0.4 is 5.32 Å². The van der Waals surface area contributed by atoms with E-state index in [2.05, 4.69) is 22.4 Å². The minimum absolute atomic E-state index is 0.0963. The molecule has 1 heterocycles. The molecule has 0 aliphatic heterocycles. The molecule has 0 unspecified atom stereocenters. The molecule has 0 radical (unpaired) electrons. The summed E-state index contributed by atoms with van der Waals surface area (Å²) in [6.07, 6.45) is 3.85. The largest absolute Gasteiger partial charge is 0.379 e. The van der Waals surface area contributed by atoms with E-state index in [1.54, 1.807) is 24.4 Å². The molecule has 0 spiro atoms. The fourth-order valence-corrected chi connectivity index (χ4v) is 3.25. The number of rotatable bonds is 5. The Balaban J connectivity index is 1.66. The van der Waals surface area contributed by atoms with Gasteiger partial charge in [-0.15, -0.1) is 0 Å². The highest BCUT2D eigenvalue weighted by molar-refractivity contribution is 5.94. The highest BCUT2D eigenvalue weighted by Gasteiger charge is 2.44. The van der Waals surface area contributed by atoms with E-state index in [-0.39, 0.29) is 16.0 Å². The zero-order valence-electron chi connectivity index (χ0n) is 13.1. The normalized spacial score (nSPS) is 15.2. The summed E-state index contributed by atoms with van der Waals surface area (Å²) in [6, 6.07) is 17.4. The van der Waals surface area contributed by atoms with Gasteiger partial charge in [-0.3, -0.25) is 15.1 Å². The number of aromatic nitrogens is 1. The van der Waals surface area contributed by atoms with Gasteiger partial charge < -0.3 is 5.32 Å². The first-order valence-corrected chi connectivity index (χ1v) is 8.01. The van der Waals surface area contributed by atoms with E-state index in [4.69, 9.17) is 0 Å². The van der Waals surface area contributed by atoms with Crippen LogP contribution in [-0.4, -0.2) is 16.5 Å². The van der Waals surface area contributed by atoms with Gasteiger partial charge in [-0.05, 0) is 42.7 Å². The molecule has 1 saturated carbocycles. The van der Waals surface area contributed by atoms with Crippen molar-refractivity contribution in [3.63, 3.8) is 0 Å². The molecule has 5 nitrogen and oxygen atoms in total. The Hall–Kier alpha value is -2.95. The Bertz CT molecular complexity index is 905. The number of hydrogen-bond acceptors (Lipinski definition) is 4. The molecule has 1 fully saturated rings. The maximum atomic E-state index is 11.6. The number of nitro benzene ring substituents is 1. The zero-order valence-corrected chi connectivity index (χ0v) is 13.1. The summed E-state index contributed by atoms with van der Waals surface area (Å²) in [5.74, 6) is 0. The van der Waals surface area contributed by atoms with Crippen molar-refractivity contribution in [3.8, 4) is 0 Å². The maximum Gasteiger partial charge on any atom is 0.301 e. The molecule has 0 amide bonds. The van der Waals surface area contributed by atoms with Crippen molar-refractivity contribution in [2.24, 2.45) is 0 Å². The molecular weight excluding hydrogens is 302 g/mol. The van der Waals surface area contributed by atoms with Crippen LogP contribution in [0.3, 0.4) is 0 Å². The van der Waals surface area contributed by atoms with Crippen molar-refractivity contribution in [1.29, 1.82) is 0 Å². The quantitative estimate of drug-likeness (QED) is 0.563. The molecule has 1 aliphatic rings. The monoisotopic (exact) mass is 319 g/mol. The molecule has 24 heavy (non-hydrogen) atoms. The minimum atomic E-state index is -0.325. The van der Waals surface area contributed by atoms with Crippen LogP contribution in [0.15, 0.2) is 60.8 Å². The second kappa shape index (κ2) is 5.60. The van der Waals surface area contributed by atoms with Crippen LogP contribution in [0.2, 0.25) is 0 Å². The number of benzene rings is 2. The maximum absolute atomic E-state index is 11.6. The summed E-state index contributed by atoms with van der Waals surface area (Å²) in [7, 11) is 0. The summed E-state index contributed by atoms with van der Waals surface area (Å²) in [5, 5.41) is 15.5. The average Bonchev–Trinajstić information content (AvgIpc) is 3.41. The number of nitrogens with one attached hydrogen (secondary N) is 1. The van der Waals surface area contributed by atoms with Crippen molar-refractivity contribution in [2.45, 2.75) is 18.3 Å². The third kappa shape index (κ3) is 2.48. The van der Waals surface area contributed by atoms with E-state index >= 15 is 0 Å². The van der Waals surface area contributed by atoms with Gasteiger partial charge in [0.25, 0.3) is 0 Å². The lowest BCUT2D eigenvalue weighted by Gasteiger charge is -2.17. The van der Waals surface area contributed by atoms with E-state index < -0.39 is 0 Å². The molecule has 0 bridgehead atoms. The predicted molar refractivity (Wildman–Crippen MR) is 94.2 cm³/mol. The van der Waals surface area contributed by atoms with Gasteiger partial charge in [0.2, 0.25) is 0 Å². The summed E-state index contributed by atoms with van der Waals surface area (Å²) in [6.45, 7) is 0.698. The summed E-state index contributed by atoms with van der Waals surface area (Å²) in [5.41, 5.74) is 2.69. The van der Waals surface area contributed by atoms with Gasteiger partial charge in [0.15, 0.2) is 0 Å². The van der Waals surface area contributed by atoms with Crippen molar-refractivity contribution >= 4 is 22.3 Å². The highest BCUT2D eigenvalue weighted by Crippen LogP contribution is 2.48. The fourth-order valence-electron chi connectivity index (χ4n) is 3.25. The van der Waals surface area contributed by atoms with Gasteiger partial charge in [-0.2, -0.15) is 0 Å². The van der Waals surface area contributed by atoms with Crippen LogP contribution in [0, 0.1) is 10.1 Å². The van der Waals surface area contributed by atoms with E-state index in [0.717, 1.165) is 12.8 Å². The van der Waals surface area contributed by atoms with Crippen LogP contribution in [-0.2, 0) is 5.41 Å². The number of nitrogens with zero attached hydrogens (tertiary/aromatic N) is 2. The van der Waals surface area contributed by atoms with E-state index in [1.807, 2.05) is 24.3 Å². The number of anilines is 1. The molecule has 2 aromatic carbocycles. The Labute approximate surface area is 139 Å². The van der Waals surface area contributed by atoms with Crippen LogP contribution in [0.1, 0.15) is 18.4 Å². The Morgan fingerprint density at radius 1 is 1.08 bits per heavy atom. The van der Waals surface area contributed by atoms with Gasteiger partial charge in [0.1, 0.15) is 5.69 Å². The lowest BCUT2D eigenvalue weighted by molar-refractivity contribution is -0.382. The van der Waals surface area contributed by atoms with Gasteiger partial charge in [0.05, 0.1) is 15.8 Å². The van der Waals surface area contributed by atoms with Crippen molar-refractivity contribution in [1.82, 2.24) is 4.98 Å². The topological polar surface area (TPSA) is 68.1 Å². The molecule has 1 aliphatic carbocycles. The Morgan fingerprint density at radius 3 is 2.58 bits per heavy atom. The standard InChI is InChI=1S/C19H17N3O2/c23-22(24)18-15-7-4-12-20-16(15)8-9-17(18)21-13-19(10-11-19)14-5-2-1-3-6-14/h1-9,12,21H,10-11,13H2. The lowest BCUT2D eigenvalue weighted by atomic mass is 9.96. The molecule has 120 valence electrons. The van der Waals surface area contributed by atoms with Crippen molar-refractivity contribution < 1.29 is 4.92 Å². The second-order valence-electron chi connectivity index (χ2n) is 6.29. The summed E-state index contributed by atoms with van der Waals surface area (Å²) in [4.78, 5) is 15.5. The van der Waals surface area contributed by atoms with Gasteiger partial charge in [0, 0.05) is 18.2 Å². The third-order valence-electron chi connectivity index (χ3n) is 4.80. The van der Waals surface area contributed by atoms with Crippen LogP contribution in [0.5, 0.6) is 0 Å². The summed E-state index contributed by atoms with van der Waals surface area (Å²) >= 11 is 0. The average molecular weight is 319 g/mol. The van der Waals surface area contributed by atoms with Gasteiger partial charge in [-0.1, -0.05) is 30.3 Å². The molecular formula is C19H17N3O2. The zero-order chi connectivity index (χ0) is 16.6. The SMILES string of the molecule is O=[N+]([O-])c1c(NCC2(c3ccccc3)CC2)ccc2ncccc12. The first-order chi connectivity index (χ1) is 11.7. The van der Waals surface area contributed by atoms with Crippen LogP contribution >= 0.6 is 0 Å². The Morgan fingerprint density at radius 2 is 1.88 bits per heavy atom. The van der Waals surface area contributed by atoms with E-state index in [0.29, 0.717) is 23.1 Å². The molecule has 0 saturated heterocycles. The van der Waals surface area contributed by atoms with Crippen molar-refractivity contribution in [3.05, 3.63) is 76.5 Å². The molecule has 0 atom stereocenters. The van der Waals surface area contributed by atoms with Gasteiger partial charge >= 0.3 is 5.69 Å². The molecule has 1 aromatic heterocycles. The highest BCUT2D eigenvalue weighted by atomic mass is 16.6. The van der Waals surface area contributed by atoms with Crippen molar-refractivity contribution in [2.75, 3.05) is 11.9 Å². The number of fused-ring (bicyclic) bond motifs is 1. The lowest BCUT2D eigenvalue weighted by Crippen LogP contribution is -2.20. The molecule has 5 heteroatoms. The smallest absolute Gasteiger partial charge is 0.301 e. The first kappa shape index (κ1) is 14.6. The summed E-state index contributed by atoms with van der Waals surface area (Å²) < 4.78 is 0. The molecule has 4 rings (SSSR count). The first-order valence-electron chi connectivity index (χ1n) is 8.01. The van der Waals surface area contributed by atoms with Crippen LogP contribution in [0.25, 0.3) is 10.9 Å². The van der Waals surface area contributed by atoms with E-state index in [1.165, 1.54) is 5.56 Å².